The van der Waals surface area contributed by atoms with Crippen molar-refractivity contribution in [3.05, 3.63) is 64.2 Å². The number of ketones is 1. The SMILES string of the molecule is Cc1ccc(C)c(C(=O)COc2ccc(Cl)cc2)c1. The van der Waals surface area contributed by atoms with Crippen LogP contribution in [0.3, 0.4) is 0 Å². The number of benzene rings is 2. The third-order valence-corrected chi connectivity index (χ3v) is 3.13. The molecule has 0 bridgehead atoms. The van der Waals surface area contributed by atoms with Crippen LogP contribution < -0.4 is 4.74 Å². The molecule has 0 saturated carbocycles. The van der Waals surface area contributed by atoms with Crippen molar-refractivity contribution in [1.29, 1.82) is 0 Å². The van der Waals surface area contributed by atoms with Crippen LogP contribution in [0, 0.1) is 13.8 Å². The molecular weight excluding hydrogens is 260 g/mol. The number of carbonyl (C=O) groups is 1. The van der Waals surface area contributed by atoms with Gasteiger partial charge in [0, 0.05) is 10.6 Å². The molecule has 3 heteroatoms. The lowest BCUT2D eigenvalue weighted by Gasteiger charge is -2.08. The van der Waals surface area contributed by atoms with Gasteiger partial charge in [0.25, 0.3) is 0 Å². The van der Waals surface area contributed by atoms with Gasteiger partial charge in [-0.25, -0.2) is 0 Å². The Balaban J connectivity index is 2.05. The van der Waals surface area contributed by atoms with Crippen molar-refractivity contribution in [3.63, 3.8) is 0 Å². The number of aryl methyl sites for hydroxylation is 2. The van der Waals surface area contributed by atoms with Crippen molar-refractivity contribution < 1.29 is 9.53 Å². The second-order valence-corrected chi connectivity index (χ2v) is 4.92. The van der Waals surface area contributed by atoms with Crippen molar-refractivity contribution >= 4 is 17.4 Å². The van der Waals surface area contributed by atoms with Crippen LogP contribution in [0.1, 0.15) is 21.5 Å². The molecule has 0 heterocycles. The first-order valence-corrected chi connectivity index (χ1v) is 6.43. The van der Waals surface area contributed by atoms with Gasteiger partial charge in [0.05, 0.1) is 0 Å². The zero-order chi connectivity index (χ0) is 13.8. The molecule has 0 aromatic heterocycles. The summed E-state index contributed by atoms with van der Waals surface area (Å²) in [6.45, 7) is 3.93. The highest BCUT2D eigenvalue weighted by molar-refractivity contribution is 6.30. The number of ether oxygens (including phenoxy) is 1. The van der Waals surface area contributed by atoms with E-state index in [1.807, 2.05) is 32.0 Å². The molecule has 2 nitrogen and oxygen atoms in total. The van der Waals surface area contributed by atoms with E-state index in [2.05, 4.69) is 0 Å². The largest absolute Gasteiger partial charge is 0.485 e. The molecule has 0 atom stereocenters. The molecule has 2 aromatic carbocycles. The Morgan fingerprint density at radius 1 is 1.11 bits per heavy atom. The van der Waals surface area contributed by atoms with Gasteiger partial charge in [-0.05, 0) is 49.7 Å². The van der Waals surface area contributed by atoms with E-state index >= 15 is 0 Å². The van der Waals surface area contributed by atoms with Crippen LogP contribution in [0.25, 0.3) is 0 Å². The average Bonchev–Trinajstić information content (AvgIpc) is 2.40. The fourth-order valence-corrected chi connectivity index (χ4v) is 1.92. The van der Waals surface area contributed by atoms with Crippen LogP contribution >= 0.6 is 11.6 Å². The number of halogens is 1. The maximum absolute atomic E-state index is 12.1. The van der Waals surface area contributed by atoms with E-state index in [0.717, 1.165) is 11.1 Å². The number of hydrogen-bond acceptors (Lipinski definition) is 2. The summed E-state index contributed by atoms with van der Waals surface area (Å²) in [5, 5.41) is 0.646. The standard InChI is InChI=1S/C16H15ClO2/c1-11-3-4-12(2)15(9-11)16(18)10-19-14-7-5-13(17)6-8-14/h3-9H,10H2,1-2H3. The van der Waals surface area contributed by atoms with Crippen LogP contribution in [0.2, 0.25) is 5.02 Å². The first kappa shape index (κ1) is 13.6. The van der Waals surface area contributed by atoms with E-state index in [0.29, 0.717) is 16.3 Å². The van der Waals surface area contributed by atoms with Gasteiger partial charge in [-0.3, -0.25) is 4.79 Å². The summed E-state index contributed by atoms with van der Waals surface area (Å²) in [5.74, 6) is 0.624. The molecule has 0 N–H and O–H groups in total. The molecule has 0 radical (unpaired) electrons. The first-order chi connectivity index (χ1) is 9.06. The molecule has 0 aliphatic carbocycles. The summed E-state index contributed by atoms with van der Waals surface area (Å²) in [6.07, 6.45) is 0. The summed E-state index contributed by atoms with van der Waals surface area (Å²) < 4.78 is 5.46. The third-order valence-electron chi connectivity index (χ3n) is 2.88. The van der Waals surface area contributed by atoms with Gasteiger partial charge in [-0.15, -0.1) is 0 Å². The van der Waals surface area contributed by atoms with E-state index in [1.54, 1.807) is 24.3 Å². The molecule has 98 valence electrons. The highest BCUT2D eigenvalue weighted by Crippen LogP contribution is 2.17. The Kier molecular flexibility index (Phi) is 4.23. The Bertz CT molecular complexity index is 588. The molecule has 0 saturated heterocycles. The van der Waals surface area contributed by atoms with Crippen LogP contribution in [0.4, 0.5) is 0 Å². The fourth-order valence-electron chi connectivity index (χ4n) is 1.79. The minimum atomic E-state index is -0.0175. The molecule has 0 fully saturated rings. The van der Waals surface area contributed by atoms with Gasteiger partial charge in [-0.1, -0.05) is 29.3 Å². The van der Waals surface area contributed by atoms with Gasteiger partial charge in [0.15, 0.2) is 12.4 Å². The summed E-state index contributed by atoms with van der Waals surface area (Å²) in [5.41, 5.74) is 2.75. The predicted molar refractivity (Wildman–Crippen MR) is 77.2 cm³/mol. The van der Waals surface area contributed by atoms with Crippen molar-refractivity contribution in [2.75, 3.05) is 6.61 Å². The Morgan fingerprint density at radius 2 is 1.79 bits per heavy atom. The van der Waals surface area contributed by atoms with E-state index in [4.69, 9.17) is 16.3 Å². The minimum Gasteiger partial charge on any atom is -0.485 e. The quantitative estimate of drug-likeness (QED) is 0.781. The van der Waals surface area contributed by atoms with E-state index in [1.165, 1.54) is 0 Å². The lowest BCUT2D eigenvalue weighted by atomic mass is 10.0. The Hall–Kier alpha value is -1.80. The van der Waals surface area contributed by atoms with Crippen molar-refractivity contribution in [1.82, 2.24) is 0 Å². The van der Waals surface area contributed by atoms with Gasteiger partial charge >= 0.3 is 0 Å². The normalized spacial score (nSPS) is 10.3. The molecule has 2 rings (SSSR count). The number of Topliss-reactive ketones (excluding diaryl/α,β-unsaturated/α-hetero) is 1. The van der Waals surface area contributed by atoms with Crippen molar-refractivity contribution in [3.8, 4) is 5.75 Å². The maximum Gasteiger partial charge on any atom is 0.200 e. The predicted octanol–water partition coefficient (Wildman–Crippen LogP) is 4.22. The second-order valence-electron chi connectivity index (χ2n) is 4.48. The monoisotopic (exact) mass is 274 g/mol. The summed E-state index contributed by atoms with van der Waals surface area (Å²) in [7, 11) is 0. The van der Waals surface area contributed by atoms with E-state index in [9.17, 15) is 4.79 Å². The molecule has 19 heavy (non-hydrogen) atoms. The zero-order valence-electron chi connectivity index (χ0n) is 10.9. The van der Waals surface area contributed by atoms with Crippen LogP contribution in [-0.4, -0.2) is 12.4 Å². The molecule has 0 amide bonds. The van der Waals surface area contributed by atoms with Crippen LogP contribution in [-0.2, 0) is 0 Å². The minimum absolute atomic E-state index is 0.0175. The Labute approximate surface area is 118 Å². The third kappa shape index (κ3) is 3.58. The summed E-state index contributed by atoms with van der Waals surface area (Å²) in [6, 6.07) is 12.8. The van der Waals surface area contributed by atoms with Crippen LogP contribution in [0.5, 0.6) is 5.75 Å². The lowest BCUT2D eigenvalue weighted by molar-refractivity contribution is 0.0921. The first-order valence-electron chi connectivity index (χ1n) is 6.05. The topological polar surface area (TPSA) is 26.3 Å². The molecule has 0 unspecified atom stereocenters. The van der Waals surface area contributed by atoms with Crippen molar-refractivity contribution in [2.24, 2.45) is 0 Å². The number of hydrogen-bond donors (Lipinski definition) is 0. The van der Waals surface area contributed by atoms with E-state index < -0.39 is 0 Å². The fraction of sp³-hybridized carbons (Fsp3) is 0.188. The zero-order valence-corrected chi connectivity index (χ0v) is 11.7. The summed E-state index contributed by atoms with van der Waals surface area (Å²) in [4.78, 5) is 12.1. The summed E-state index contributed by atoms with van der Waals surface area (Å²) >= 11 is 5.79. The number of carbonyl (C=O) groups excluding carboxylic acids is 1. The van der Waals surface area contributed by atoms with E-state index in [-0.39, 0.29) is 12.4 Å². The molecule has 2 aromatic rings. The smallest absolute Gasteiger partial charge is 0.200 e. The van der Waals surface area contributed by atoms with Gasteiger partial charge in [-0.2, -0.15) is 0 Å². The lowest BCUT2D eigenvalue weighted by Crippen LogP contribution is -2.13. The van der Waals surface area contributed by atoms with Crippen LogP contribution in [0.15, 0.2) is 42.5 Å². The second kappa shape index (κ2) is 5.89. The molecule has 0 aliphatic rings. The molecular formula is C16H15ClO2. The van der Waals surface area contributed by atoms with Gasteiger partial charge < -0.3 is 4.74 Å². The molecule has 0 aliphatic heterocycles. The number of rotatable bonds is 4. The van der Waals surface area contributed by atoms with Gasteiger partial charge in [0.2, 0.25) is 0 Å². The molecule has 0 spiro atoms. The average molecular weight is 275 g/mol. The van der Waals surface area contributed by atoms with Crippen molar-refractivity contribution in [2.45, 2.75) is 13.8 Å². The maximum atomic E-state index is 12.1. The van der Waals surface area contributed by atoms with Gasteiger partial charge in [0.1, 0.15) is 5.75 Å². The highest BCUT2D eigenvalue weighted by Gasteiger charge is 2.10. The highest BCUT2D eigenvalue weighted by atomic mass is 35.5. The Morgan fingerprint density at radius 3 is 2.47 bits per heavy atom.